The van der Waals surface area contributed by atoms with Crippen LogP contribution in [-0.2, 0) is 20.5 Å². The summed E-state index contributed by atoms with van der Waals surface area (Å²) in [5.41, 5.74) is -8.03. The van der Waals surface area contributed by atoms with Crippen LogP contribution in [0.2, 0.25) is 0 Å². The predicted octanol–water partition coefficient (Wildman–Crippen LogP) is 5.55. The van der Waals surface area contributed by atoms with Gasteiger partial charge in [0.25, 0.3) is 5.60 Å². The van der Waals surface area contributed by atoms with Gasteiger partial charge in [0, 0.05) is 30.0 Å². The molecule has 2 aromatic carbocycles. The number of ether oxygens (including phenoxy) is 1. The van der Waals surface area contributed by atoms with E-state index in [1.807, 2.05) is 0 Å². The molecule has 0 spiro atoms. The molecule has 2 atom stereocenters. The van der Waals surface area contributed by atoms with Crippen LogP contribution in [0.15, 0.2) is 48.5 Å². The Bertz CT molecular complexity index is 1210. The van der Waals surface area contributed by atoms with E-state index in [2.05, 4.69) is 5.32 Å². The van der Waals surface area contributed by atoms with E-state index in [0.717, 1.165) is 12.1 Å². The molecular formula is C27H29F7N2O4. The van der Waals surface area contributed by atoms with Crippen LogP contribution in [0.5, 0.6) is 0 Å². The number of rotatable bonds is 6. The number of halogens is 7. The molecular weight excluding hydrogens is 549 g/mol. The van der Waals surface area contributed by atoms with Crippen LogP contribution in [0, 0.1) is 5.82 Å². The van der Waals surface area contributed by atoms with E-state index in [1.54, 1.807) is 13.8 Å². The van der Waals surface area contributed by atoms with E-state index in [-0.39, 0.29) is 25.3 Å². The molecule has 0 radical (unpaired) electrons. The van der Waals surface area contributed by atoms with E-state index in [0.29, 0.717) is 17.7 Å². The third-order valence-electron chi connectivity index (χ3n) is 7.24. The van der Waals surface area contributed by atoms with Crippen molar-refractivity contribution in [3.05, 3.63) is 71.0 Å². The minimum atomic E-state index is -6.04. The highest BCUT2D eigenvalue weighted by Crippen LogP contribution is 2.51. The molecule has 1 fully saturated rings. The maximum Gasteiger partial charge on any atom is 0.430 e. The molecule has 2 aromatic rings. The summed E-state index contributed by atoms with van der Waals surface area (Å²) in [6.45, 7) is 6.27. The smallest absolute Gasteiger partial charge is 0.430 e. The minimum Gasteiger partial charge on any atom is -0.464 e. The highest BCUT2D eigenvalue weighted by molar-refractivity contribution is 5.87. The largest absolute Gasteiger partial charge is 0.464 e. The van der Waals surface area contributed by atoms with Gasteiger partial charge in [-0.25, -0.2) is 14.0 Å². The Morgan fingerprint density at radius 3 is 2.00 bits per heavy atom. The molecule has 13 heteroatoms. The molecule has 220 valence electrons. The van der Waals surface area contributed by atoms with Gasteiger partial charge < -0.3 is 20.1 Å². The highest BCUT2D eigenvalue weighted by Gasteiger charge is 2.71. The van der Waals surface area contributed by atoms with Gasteiger partial charge in [0.1, 0.15) is 11.4 Å². The monoisotopic (exact) mass is 578 g/mol. The van der Waals surface area contributed by atoms with Crippen molar-refractivity contribution in [3.63, 3.8) is 0 Å². The van der Waals surface area contributed by atoms with Crippen molar-refractivity contribution in [2.24, 2.45) is 0 Å². The number of aliphatic hydroxyl groups is 1. The number of carbonyl (C=O) groups excluding carboxylic acids is 2. The van der Waals surface area contributed by atoms with Gasteiger partial charge in [-0.2, -0.15) is 26.3 Å². The van der Waals surface area contributed by atoms with Crippen LogP contribution in [0.3, 0.4) is 0 Å². The summed E-state index contributed by atoms with van der Waals surface area (Å²) in [6.07, 6.45) is -12.1. The van der Waals surface area contributed by atoms with Crippen molar-refractivity contribution >= 4 is 12.0 Å². The van der Waals surface area contributed by atoms with E-state index in [9.17, 15) is 45.4 Å². The van der Waals surface area contributed by atoms with Crippen LogP contribution in [-0.4, -0.2) is 59.6 Å². The molecule has 2 amide bonds. The maximum atomic E-state index is 13.7. The SMILES string of the molecule is CCOC(=O)C(C)(C)NC(=O)N1C[C@@H](c2ccc(C(O)(C(F)(F)F)C(F)(F)F)cc2)[C@@](C)(c2ccc(F)cc2)C1. The third kappa shape index (κ3) is 5.61. The molecule has 0 unspecified atom stereocenters. The number of esters is 1. The first-order valence-corrected chi connectivity index (χ1v) is 12.2. The number of nitrogens with zero attached hydrogens (tertiary/aromatic N) is 1. The number of alkyl halides is 6. The second-order valence-electron chi connectivity index (χ2n) is 10.5. The Morgan fingerprint density at radius 2 is 1.52 bits per heavy atom. The molecule has 0 aromatic heterocycles. The molecule has 3 rings (SSSR count). The number of benzene rings is 2. The van der Waals surface area contributed by atoms with Crippen LogP contribution < -0.4 is 5.32 Å². The molecule has 1 aliphatic heterocycles. The summed E-state index contributed by atoms with van der Waals surface area (Å²) in [6, 6.07) is 7.86. The topological polar surface area (TPSA) is 78.9 Å². The second kappa shape index (κ2) is 10.6. The summed E-state index contributed by atoms with van der Waals surface area (Å²) in [4.78, 5) is 26.8. The normalized spacial score (nSPS) is 20.4. The number of hydrogen-bond acceptors (Lipinski definition) is 4. The molecule has 1 aliphatic rings. The van der Waals surface area contributed by atoms with E-state index < -0.39 is 58.2 Å². The van der Waals surface area contributed by atoms with Gasteiger partial charge in [-0.1, -0.05) is 43.3 Å². The highest BCUT2D eigenvalue weighted by atomic mass is 19.4. The van der Waals surface area contributed by atoms with Crippen LogP contribution in [0.4, 0.5) is 35.5 Å². The first-order chi connectivity index (χ1) is 18.3. The summed E-state index contributed by atoms with van der Waals surface area (Å²) in [7, 11) is 0. The molecule has 0 saturated carbocycles. The standard InChI is InChI=1S/C27H29F7N2O4/c1-5-40-21(37)23(2,3)35-22(38)36-14-20(24(4,15-36)17-10-12-19(28)13-11-17)16-6-8-18(9-7-16)25(39,26(29,30)31)27(32,33)34/h6-13,20,39H,5,14-15H2,1-4H3,(H,35,38)/t20-,24+/m0/s1. The predicted molar refractivity (Wildman–Crippen MR) is 130 cm³/mol. The summed E-state index contributed by atoms with van der Waals surface area (Å²) >= 11 is 0. The van der Waals surface area contributed by atoms with Crippen LogP contribution in [0.25, 0.3) is 0 Å². The fourth-order valence-electron chi connectivity index (χ4n) is 4.90. The molecule has 0 aliphatic carbocycles. The Hall–Kier alpha value is -3.35. The second-order valence-corrected chi connectivity index (χ2v) is 10.5. The first kappa shape index (κ1) is 31.2. The van der Waals surface area contributed by atoms with Gasteiger partial charge in [0.15, 0.2) is 0 Å². The number of urea groups is 1. The lowest BCUT2D eigenvalue weighted by Gasteiger charge is -2.34. The number of likely N-dealkylation sites (tertiary alicyclic amines) is 1. The van der Waals surface area contributed by atoms with Crippen molar-refractivity contribution in [1.29, 1.82) is 0 Å². The zero-order chi connectivity index (χ0) is 30.3. The molecule has 1 saturated heterocycles. The van der Waals surface area contributed by atoms with Crippen molar-refractivity contribution < 1.29 is 50.2 Å². The van der Waals surface area contributed by atoms with Crippen molar-refractivity contribution in [3.8, 4) is 0 Å². The summed E-state index contributed by atoms with van der Waals surface area (Å²) < 4.78 is 98.8. The van der Waals surface area contributed by atoms with Gasteiger partial charge in [0.2, 0.25) is 0 Å². The van der Waals surface area contributed by atoms with Gasteiger partial charge in [-0.3, -0.25) is 0 Å². The van der Waals surface area contributed by atoms with Crippen molar-refractivity contribution in [1.82, 2.24) is 10.2 Å². The lowest BCUT2D eigenvalue weighted by molar-refractivity contribution is -0.376. The Balaban J connectivity index is 2.01. The van der Waals surface area contributed by atoms with Gasteiger partial charge in [-0.05, 0) is 44.0 Å². The summed E-state index contributed by atoms with van der Waals surface area (Å²) in [5.74, 6) is -1.89. The lowest BCUT2D eigenvalue weighted by atomic mass is 9.71. The minimum absolute atomic E-state index is 0.0187. The Labute approximate surface area is 226 Å². The van der Waals surface area contributed by atoms with E-state index in [1.165, 1.54) is 43.0 Å². The molecule has 1 heterocycles. The average molecular weight is 579 g/mol. The number of amides is 2. The van der Waals surface area contributed by atoms with Gasteiger partial charge in [-0.15, -0.1) is 0 Å². The zero-order valence-corrected chi connectivity index (χ0v) is 22.1. The maximum absolute atomic E-state index is 13.7. The van der Waals surface area contributed by atoms with Crippen LogP contribution in [0.1, 0.15) is 50.3 Å². The van der Waals surface area contributed by atoms with Crippen molar-refractivity contribution in [2.75, 3.05) is 19.7 Å². The zero-order valence-electron chi connectivity index (χ0n) is 22.1. The fraction of sp³-hybridized carbons (Fsp3) is 0.481. The Kier molecular flexibility index (Phi) is 8.24. The van der Waals surface area contributed by atoms with Gasteiger partial charge >= 0.3 is 24.4 Å². The van der Waals surface area contributed by atoms with E-state index in [4.69, 9.17) is 4.74 Å². The number of nitrogens with one attached hydrogen (secondary N) is 1. The van der Waals surface area contributed by atoms with Crippen LogP contribution >= 0.6 is 0 Å². The Morgan fingerprint density at radius 1 is 1.00 bits per heavy atom. The third-order valence-corrected chi connectivity index (χ3v) is 7.24. The lowest BCUT2D eigenvalue weighted by Crippen LogP contribution is -2.54. The molecule has 0 bridgehead atoms. The fourth-order valence-corrected chi connectivity index (χ4v) is 4.90. The average Bonchev–Trinajstić information content (AvgIpc) is 3.21. The molecule has 2 N–H and O–H groups in total. The van der Waals surface area contributed by atoms with Crippen molar-refractivity contribution in [2.45, 2.75) is 62.5 Å². The first-order valence-electron chi connectivity index (χ1n) is 12.2. The summed E-state index contributed by atoms with van der Waals surface area (Å²) in [5, 5.41) is 12.3. The number of hydrogen-bond donors (Lipinski definition) is 2. The molecule has 6 nitrogen and oxygen atoms in total. The van der Waals surface area contributed by atoms with E-state index >= 15 is 0 Å². The number of carbonyl (C=O) groups is 2. The quantitative estimate of drug-likeness (QED) is 0.348. The van der Waals surface area contributed by atoms with Gasteiger partial charge in [0.05, 0.1) is 6.61 Å². The molecule has 40 heavy (non-hydrogen) atoms.